The number of benzene rings is 1. The van der Waals surface area contributed by atoms with E-state index in [1.807, 2.05) is 35.9 Å². The molecule has 0 atom stereocenters. The number of thioether (sulfide) groups is 1. The number of para-hydroxylation sites is 1. The lowest BCUT2D eigenvalue weighted by Crippen LogP contribution is -2.15. The molecule has 0 spiro atoms. The first kappa shape index (κ1) is 19.6. The van der Waals surface area contributed by atoms with Crippen LogP contribution in [0.5, 0.6) is 0 Å². The summed E-state index contributed by atoms with van der Waals surface area (Å²) in [4.78, 5) is 13.7. The Morgan fingerprint density at radius 1 is 1.26 bits per heavy atom. The van der Waals surface area contributed by atoms with Crippen molar-refractivity contribution in [3.8, 4) is 11.4 Å². The smallest absolute Gasteiger partial charge is 0.234 e. The number of amides is 1. The molecular formula is C20H24N4OS2. The predicted molar refractivity (Wildman–Crippen MR) is 113 cm³/mol. The average Bonchev–Trinajstić information content (AvgIpc) is 3.27. The Labute approximate surface area is 168 Å². The maximum absolute atomic E-state index is 12.3. The lowest BCUT2D eigenvalue weighted by Gasteiger charge is -2.09. The van der Waals surface area contributed by atoms with Gasteiger partial charge in [0, 0.05) is 28.6 Å². The Hall–Kier alpha value is -2.12. The first-order valence-electron chi connectivity index (χ1n) is 9.10. The third kappa shape index (κ3) is 4.78. The van der Waals surface area contributed by atoms with Gasteiger partial charge in [-0.05, 0) is 30.5 Å². The molecule has 2 heterocycles. The number of aromatic nitrogens is 3. The van der Waals surface area contributed by atoms with E-state index in [2.05, 4.69) is 40.8 Å². The van der Waals surface area contributed by atoms with Crippen molar-refractivity contribution in [3.63, 3.8) is 0 Å². The fourth-order valence-corrected chi connectivity index (χ4v) is 4.51. The average molecular weight is 401 g/mol. The summed E-state index contributed by atoms with van der Waals surface area (Å²) in [6.07, 6.45) is 3.11. The van der Waals surface area contributed by atoms with E-state index in [9.17, 15) is 4.79 Å². The standard InChI is InChI=1S/C20H24N4OS2/c1-4-8-16-11-15(12-26-16)19-22-23-20(24(19)3)27-13-18(25)21-17-10-7-6-9-14(17)5-2/h6-7,9-12H,4-5,8,13H2,1-3H3,(H,21,25). The number of aryl methyl sites for hydroxylation is 2. The number of hydrogen-bond acceptors (Lipinski definition) is 5. The van der Waals surface area contributed by atoms with Gasteiger partial charge in [-0.3, -0.25) is 4.79 Å². The van der Waals surface area contributed by atoms with Gasteiger partial charge in [0.15, 0.2) is 11.0 Å². The molecular weight excluding hydrogens is 376 g/mol. The van der Waals surface area contributed by atoms with E-state index < -0.39 is 0 Å². The third-order valence-corrected chi connectivity index (χ3v) is 6.26. The number of anilines is 1. The Bertz CT molecular complexity index is 916. The molecule has 1 aromatic carbocycles. The molecule has 1 amide bonds. The topological polar surface area (TPSA) is 59.8 Å². The van der Waals surface area contributed by atoms with Gasteiger partial charge in [0.25, 0.3) is 0 Å². The number of nitrogens with one attached hydrogen (secondary N) is 1. The minimum absolute atomic E-state index is 0.0359. The summed E-state index contributed by atoms with van der Waals surface area (Å²) in [6, 6.07) is 10.1. The van der Waals surface area contributed by atoms with E-state index in [0.29, 0.717) is 5.75 Å². The quantitative estimate of drug-likeness (QED) is 0.552. The first-order valence-corrected chi connectivity index (χ1v) is 11.0. The second-order valence-electron chi connectivity index (χ2n) is 6.26. The fourth-order valence-electron chi connectivity index (χ4n) is 2.83. The van der Waals surface area contributed by atoms with Crippen LogP contribution in [-0.4, -0.2) is 26.4 Å². The summed E-state index contributed by atoms with van der Waals surface area (Å²) >= 11 is 3.16. The molecule has 0 saturated carbocycles. The van der Waals surface area contributed by atoms with Crippen molar-refractivity contribution in [2.45, 2.75) is 38.3 Å². The first-order chi connectivity index (χ1) is 13.1. The molecule has 142 valence electrons. The minimum Gasteiger partial charge on any atom is -0.325 e. The molecule has 0 radical (unpaired) electrons. The molecule has 2 aromatic heterocycles. The van der Waals surface area contributed by atoms with Crippen LogP contribution in [0.2, 0.25) is 0 Å². The molecule has 3 aromatic rings. The van der Waals surface area contributed by atoms with Gasteiger partial charge in [-0.1, -0.05) is 50.2 Å². The SMILES string of the molecule is CCCc1cc(-c2nnc(SCC(=O)Nc3ccccc3CC)n2C)cs1. The summed E-state index contributed by atoms with van der Waals surface area (Å²) in [5.41, 5.74) is 3.11. The lowest BCUT2D eigenvalue weighted by molar-refractivity contribution is -0.113. The second-order valence-corrected chi connectivity index (χ2v) is 8.20. The van der Waals surface area contributed by atoms with E-state index in [0.717, 1.165) is 47.1 Å². The number of carbonyl (C=O) groups is 1. The van der Waals surface area contributed by atoms with Crippen molar-refractivity contribution in [3.05, 3.63) is 46.2 Å². The number of rotatable bonds is 8. The molecule has 0 unspecified atom stereocenters. The van der Waals surface area contributed by atoms with Crippen LogP contribution in [0.15, 0.2) is 40.9 Å². The van der Waals surface area contributed by atoms with Crippen molar-refractivity contribution in [2.75, 3.05) is 11.1 Å². The van der Waals surface area contributed by atoms with Gasteiger partial charge in [0.05, 0.1) is 5.75 Å². The molecule has 5 nitrogen and oxygen atoms in total. The zero-order valence-electron chi connectivity index (χ0n) is 15.9. The zero-order valence-corrected chi connectivity index (χ0v) is 17.5. The highest BCUT2D eigenvalue weighted by molar-refractivity contribution is 7.99. The summed E-state index contributed by atoms with van der Waals surface area (Å²) in [6.45, 7) is 4.26. The van der Waals surface area contributed by atoms with Crippen LogP contribution in [0.25, 0.3) is 11.4 Å². The molecule has 0 fully saturated rings. The molecule has 0 aliphatic rings. The largest absolute Gasteiger partial charge is 0.325 e. The Morgan fingerprint density at radius 3 is 2.85 bits per heavy atom. The molecule has 0 saturated heterocycles. The Morgan fingerprint density at radius 2 is 2.07 bits per heavy atom. The van der Waals surface area contributed by atoms with Gasteiger partial charge >= 0.3 is 0 Å². The van der Waals surface area contributed by atoms with Gasteiger partial charge < -0.3 is 9.88 Å². The third-order valence-electron chi connectivity index (χ3n) is 4.25. The lowest BCUT2D eigenvalue weighted by atomic mass is 10.1. The van der Waals surface area contributed by atoms with Crippen LogP contribution in [0.4, 0.5) is 5.69 Å². The maximum Gasteiger partial charge on any atom is 0.234 e. The maximum atomic E-state index is 12.3. The minimum atomic E-state index is -0.0359. The van der Waals surface area contributed by atoms with E-state index in [-0.39, 0.29) is 5.91 Å². The number of nitrogens with zero attached hydrogens (tertiary/aromatic N) is 3. The van der Waals surface area contributed by atoms with Crippen molar-refractivity contribution < 1.29 is 4.79 Å². The molecule has 7 heteroatoms. The van der Waals surface area contributed by atoms with E-state index >= 15 is 0 Å². The van der Waals surface area contributed by atoms with Crippen LogP contribution in [0, 0.1) is 0 Å². The summed E-state index contributed by atoms with van der Waals surface area (Å²) < 4.78 is 1.95. The zero-order chi connectivity index (χ0) is 19.2. The van der Waals surface area contributed by atoms with Gasteiger partial charge in [-0.2, -0.15) is 0 Å². The molecule has 0 aliphatic carbocycles. The van der Waals surface area contributed by atoms with Crippen molar-refractivity contribution in [2.24, 2.45) is 7.05 Å². The van der Waals surface area contributed by atoms with E-state index in [4.69, 9.17) is 0 Å². The molecule has 27 heavy (non-hydrogen) atoms. The second kappa shape index (κ2) is 9.19. The van der Waals surface area contributed by atoms with Crippen LogP contribution >= 0.6 is 23.1 Å². The highest BCUT2D eigenvalue weighted by Gasteiger charge is 2.14. The number of hydrogen-bond donors (Lipinski definition) is 1. The Kier molecular flexibility index (Phi) is 6.68. The number of carbonyl (C=O) groups excluding carboxylic acids is 1. The molecule has 3 rings (SSSR count). The highest BCUT2D eigenvalue weighted by atomic mass is 32.2. The van der Waals surface area contributed by atoms with Gasteiger partial charge in [0.1, 0.15) is 0 Å². The summed E-state index contributed by atoms with van der Waals surface area (Å²) in [7, 11) is 1.94. The van der Waals surface area contributed by atoms with Crippen molar-refractivity contribution in [1.82, 2.24) is 14.8 Å². The van der Waals surface area contributed by atoms with Crippen molar-refractivity contribution in [1.29, 1.82) is 0 Å². The van der Waals surface area contributed by atoms with Crippen LogP contribution in [0.1, 0.15) is 30.7 Å². The number of thiophene rings is 1. The van der Waals surface area contributed by atoms with Crippen molar-refractivity contribution >= 4 is 34.7 Å². The van der Waals surface area contributed by atoms with Gasteiger partial charge in [-0.25, -0.2) is 0 Å². The summed E-state index contributed by atoms with van der Waals surface area (Å²) in [5, 5.41) is 14.4. The van der Waals surface area contributed by atoms with E-state index in [1.165, 1.54) is 16.6 Å². The normalized spacial score (nSPS) is 10.9. The van der Waals surface area contributed by atoms with Crippen LogP contribution in [-0.2, 0) is 24.7 Å². The molecule has 0 bridgehead atoms. The van der Waals surface area contributed by atoms with E-state index in [1.54, 1.807) is 11.3 Å². The Balaban J connectivity index is 1.63. The fraction of sp³-hybridized carbons (Fsp3) is 0.350. The summed E-state index contributed by atoms with van der Waals surface area (Å²) in [5.74, 6) is 1.11. The monoisotopic (exact) mass is 400 g/mol. The van der Waals surface area contributed by atoms with Gasteiger partial charge in [0.2, 0.25) is 5.91 Å². The van der Waals surface area contributed by atoms with Crippen LogP contribution < -0.4 is 5.32 Å². The van der Waals surface area contributed by atoms with Gasteiger partial charge in [-0.15, -0.1) is 21.5 Å². The molecule has 0 aliphatic heterocycles. The highest BCUT2D eigenvalue weighted by Crippen LogP contribution is 2.27. The molecule has 1 N–H and O–H groups in total. The van der Waals surface area contributed by atoms with Crippen LogP contribution in [0.3, 0.4) is 0 Å². The predicted octanol–water partition coefficient (Wildman–Crippen LogP) is 4.79.